The highest BCUT2D eigenvalue weighted by Gasteiger charge is 2.12. The van der Waals surface area contributed by atoms with Crippen LogP contribution in [-0.4, -0.2) is 17.2 Å². The van der Waals surface area contributed by atoms with E-state index in [4.69, 9.17) is 0 Å². The van der Waals surface area contributed by atoms with Gasteiger partial charge < -0.3 is 5.11 Å². The molecular weight excluding hydrogens is 276 g/mol. The molecule has 0 heterocycles. The Morgan fingerprint density at radius 2 is 2.00 bits per heavy atom. The molecule has 1 aliphatic carbocycles. The summed E-state index contributed by atoms with van der Waals surface area (Å²) in [4.78, 5) is 12.2. The molecule has 22 heavy (non-hydrogen) atoms. The van der Waals surface area contributed by atoms with E-state index < -0.39 is 5.91 Å². The molecule has 0 bridgehead atoms. The standard InChI is InChI=1S/C18H18N2O2/c21-17-11-15-9-5-4-8-14(15)10-16(17)18(22)20-19-12-13-6-2-1-3-7-13/h1-2,4-5,8-13,21H,3,6-7H2,(H,20,22). The monoisotopic (exact) mass is 294 g/mol. The predicted octanol–water partition coefficient (Wildman–Crippen LogP) is 3.62. The van der Waals surface area contributed by atoms with Crippen LogP contribution in [0.4, 0.5) is 0 Å². The minimum atomic E-state index is -0.397. The van der Waals surface area contributed by atoms with Crippen molar-refractivity contribution in [3.63, 3.8) is 0 Å². The number of carbonyl (C=O) groups is 1. The van der Waals surface area contributed by atoms with Crippen LogP contribution in [-0.2, 0) is 0 Å². The van der Waals surface area contributed by atoms with E-state index >= 15 is 0 Å². The zero-order chi connectivity index (χ0) is 15.4. The van der Waals surface area contributed by atoms with Crippen molar-refractivity contribution in [2.75, 3.05) is 0 Å². The lowest BCUT2D eigenvalue weighted by molar-refractivity contribution is 0.0952. The number of nitrogens with zero attached hydrogens (tertiary/aromatic N) is 1. The smallest absolute Gasteiger partial charge is 0.275 e. The van der Waals surface area contributed by atoms with Crippen molar-refractivity contribution in [1.29, 1.82) is 0 Å². The van der Waals surface area contributed by atoms with E-state index in [2.05, 4.69) is 22.7 Å². The Morgan fingerprint density at radius 1 is 1.23 bits per heavy atom. The maximum Gasteiger partial charge on any atom is 0.275 e. The first-order valence-corrected chi connectivity index (χ1v) is 7.44. The van der Waals surface area contributed by atoms with Crippen molar-refractivity contribution in [1.82, 2.24) is 5.43 Å². The number of rotatable bonds is 3. The maximum atomic E-state index is 12.2. The first-order chi connectivity index (χ1) is 10.7. The molecule has 2 N–H and O–H groups in total. The van der Waals surface area contributed by atoms with Gasteiger partial charge in [-0.1, -0.05) is 36.4 Å². The van der Waals surface area contributed by atoms with Gasteiger partial charge in [0.2, 0.25) is 0 Å². The lowest BCUT2D eigenvalue weighted by atomic mass is 9.96. The van der Waals surface area contributed by atoms with Gasteiger partial charge in [0.1, 0.15) is 5.75 Å². The first-order valence-electron chi connectivity index (χ1n) is 7.44. The van der Waals surface area contributed by atoms with Gasteiger partial charge in [-0.05, 0) is 48.1 Å². The molecule has 1 aliphatic rings. The van der Waals surface area contributed by atoms with Gasteiger partial charge in [-0.25, -0.2) is 5.43 Å². The molecule has 1 amide bonds. The van der Waals surface area contributed by atoms with Crippen molar-refractivity contribution in [3.05, 3.63) is 54.1 Å². The van der Waals surface area contributed by atoms with Gasteiger partial charge in [0.05, 0.1) is 5.56 Å². The highest BCUT2D eigenvalue weighted by molar-refractivity contribution is 6.01. The van der Waals surface area contributed by atoms with Crippen LogP contribution in [0.3, 0.4) is 0 Å². The third kappa shape index (κ3) is 3.17. The Kier molecular flexibility index (Phi) is 4.19. The minimum Gasteiger partial charge on any atom is -0.507 e. The average molecular weight is 294 g/mol. The summed E-state index contributed by atoms with van der Waals surface area (Å²) in [5, 5.41) is 15.8. The largest absolute Gasteiger partial charge is 0.507 e. The van der Waals surface area contributed by atoms with E-state index in [-0.39, 0.29) is 11.3 Å². The molecule has 1 unspecified atom stereocenters. The van der Waals surface area contributed by atoms with Crippen LogP contribution in [0.5, 0.6) is 5.75 Å². The lowest BCUT2D eigenvalue weighted by Gasteiger charge is -2.12. The Bertz CT molecular complexity index is 750. The molecule has 0 spiro atoms. The number of hydrogen-bond acceptors (Lipinski definition) is 3. The number of benzene rings is 2. The molecular formula is C18H18N2O2. The van der Waals surface area contributed by atoms with E-state index in [1.54, 1.807) is 18.3 Å². The summed E-state index contributed by atoms with van der Waals surface area (Å²) in [6, 6.07) is 10.9. The van der Waals surface area contributed by atoms with Crippen LogP contribution >= 0.6 is 0 Å². The van der Waals surface area contributed by atoms with Crippen LogP contribution in [0.15, 0.2) is 53.7 Å². The topological polar surface area (TPSA) is 61.7 Å². The van der Waals surface area contributed by atoms with Crippen molar-refractivity contribution < 1.29 is 9.90 Å². The second kappa shape index (κ2) is 6.43. The molecule has 4 nitrogen and oxygen atoms in total. The van der Waals surface area contributed by atoms with E-state index in [9.17, 15) is 9.90 Å². The summed E-state index contributed by atoms with van der Waals surface area (Å²) >= 11 is 0. The van der Waals surface area contributed by atoms with Crippen LogP contribution < -0.4 is 5.43 Å². The van der Waals surface area contributed by atoms with Crippen LogP contribution in [0.2, 0.25) is 0 Å². The second-order valence-corrected chi connectivity index (χ2v) is 5.48. The number of carbonyl (C=O) groups excluding carboxylic acids is 1. The van der Waals surface area contributed by atoms with E-state index in [1.165, 1.54) is 0 Å². The second-order valence-electron chi connectivity index (χ2n) is 5.48. The number of aromatic hydroxyl groups is 1. The lowest BCUT2D eigenvalue weighted by Crippen LogP contribution is -2.19. The van der Waals surface area contributed by atoms with Crippen molar-refractivity contribution in [2.24, 2.45) is 11.0 Å². The number of hydrogen-bond donors (Lipinski definition) is 2. The summed E-state index contributed by atoms with van der Waals surface area (Å²) in [5.41, 5.74) is 2.73. The van der Waals surface area contributed by atoms with Gasteiger partial charge in [0.15, 0.2) is 0 Å². The third-order valence-corrected chi connectivity index (χ3v) is 3.87. The van der Waals surface area contributed by atoms with Crippen LogP contribution in [0, 0.1) is 5.92 Å². The van der Waals surface area contributed by atoms with Gasteiger partial charge >= 0.3 is 0 Å². The molecule has 4 heteroatoms. The quantitative estimate of drug-likeness (QED) is 0.516. The number of fused-ring (bicyclic) bond motifs is 1. The van der Waals surface area contributed by atoms with Gasteiger partial charge in [-0.15, -0.1) is 0 Å². The number of hydrazone groups is 1. The van der Waals surface area contributed by atoms with Crippen molar-refractivity contribution >= 4 is 22.9 Å². The normalized spacial score (nSPS) is 17.9. The highest BCUT2D eigenvalue weighted by Crippen LogP contribution is 2.24. The van der Waals surface area contributed by atoms with Gasteiger partial charge in [0.25, 0.3) is 5.91 Å². The zero-order valence-electron chi connectivity index (χ0n) is 12.2. The molecule has 3 rings (SSSR count). The maximum absolute atomic E-state index is 12.2. The number of allylic oxidation sites excluding steroid dienone is 2. The first kappa shape index (κ1) is 14.3. The Balaban J connectivity index is 1.73. The molecule has 2 aromatic carbocycles. The molecule has 0 aliphatic heterocycles. The molecule has 0 saturated heterocycles. The molecule has 1 atom stereocenters. The molecule has 0 saturated carbocycles. The van der Waals surface area contributed by atoms with E-state index in [0.29, 0.717) is 5.92 Å². The SMILES string of the molecule is O=C(NN=CC1CC=CCC1)c1cc2ccccc2cc1O. The highest BCUT2D eigenvalue weighted by atomic mass is 16.3. The van der Waals surface area contributed by atoms with Gasteiger partial charge in [-0.2, -0.15) is 5.10 Å². The van der Waals surface area contributed by atoms with Crippen molar-refractivity contribution in [3.8, 4) is 5.75 Å². The van der Waals surface area contributed by atoms with E-state index in [1.807, 2.05) is 24.3 Å². The molecule has 0 aromatic heterocycles. The summed E-state index contributed by atoms with van der Waals surface area (Å²) in [6.45, 7) is 0. The minimum absolute atomic E-state index is 0.0352. The van der Waals surface area contributed by atoms with E-state index in [0.717, 1.165) is 30.0 Å². The average Bonchev–Trinajstić information content (AvgIpc) is 2.55. The zero-order valence-corrected chi connectivity index (χ0v) is 12.2. The number of amides is 1. The number of phenolic OH excluding ortho intramolecular Hbond substituents is 1. The Hall–Kier alpha value is -2.62. The third-order valence-electron chi connectivity index (χ3n) is 3.87. The van der Waals surface area contributed by atoms with Crippen molar-refractivity contribution in [2.45, 2.75) is 19.3 Å². The summed E-state index contributed by atoms with van der Waals surface area (Å²) in [6.07, 6.45) is 9.14. The Labute approximate surface area is 129 Å². The molecule has 112 valence electrons. The van der Waals surface area contributed by atoms with Crippen LogP contribution in [0.25, 0.3) is 10.8 Å². The van der Waals surface area contributed by atoms with Gasteiger partial charge in [0, 0.05) is 6.21 Å². The molecule has 0 radical (unpaired) electrons. The number of nitrogens with one attached hydrogen (secondary N) is 1. The molecule has 2 aromatic rings. The summed E-state index contributed by atoms with van der Waals surface area (Å²) in [5.74, 6) is -0.0617. The van der Waals surface area contributed by atoms with Crippen LogP contribution in [0.1, 0.15) is 29.6 Å². The predicted molar refractivity (Wildman–Crippen MR) is 88.1 cm³/mol. The summed E-state index contributed by atoms with van der Waals surface area (Å²) < 4.78 is 0. The van der Waals surface area contributed by atoms with Gasteiger partial charge in [-0.3, -0.25) is 4.79 Å². The fourth-order valence-electron chi connectivity index (χ4n) is 2.62. The fraction of sp³-hybridized carbons (Fsp3) is 0.222. The summed E-state index contributed by atoms with van der Waals surface area (Å²) in [7, 11) is 0. The number of phenols is 1. The fourth-order valence-corrected chi connectivity index (χ4v) is 2.62. The molecule has 0 fully saturated rings. The Morgan fingerprint density at radius 3 is 2.73 bits per heavy atom.